The van der Waals surface area contributed by atoms with Gasteiger partial charge in [0.1, 0.15) is 11.4 Å². The third-order valence-electron chi connectivity index (χ3n) is 3.39. The van der Waals surface area contributed by atoms with Gasteiger partial charge in [0.25, 0.3) is 0 Å². The molecule has 2 unspecified atom stereocenters. The van der Waals surface area contributed by atoms with E-state index >= 15 is 0 Å². The summed E-state index contributed by atoms with van der Waals surface area (Å²) in [7, 11) is 1.71. The van der Waals surface area contributed by atoms with Gasteiger partial charge < -0.3 is 10.4 Å². The normalized spacial score (nSPS) is 20.7. The van der Waals surface area contributed by atoms with Gasteiger partial charge in [-0.15, -0.1) is 0 Å². The fourth-order valence-electron chi connectivity index (χ4n) is 2.22. The van der Waals surface area contributed by atoms with Crippen molar-refractivity contribution in [2.45, 2.75) is 26.3 Å². The van der Waals surface area contributed by atoms with Crippen LogP contribution >= 0.6 is 0 Å². The largest absolute Gasteiger partial charge is 0.506 e. The number of benzene rings is 1. The number of carbonyl (C=O) groups is 1. The second-order valence-corrected chi connectivity index (χ2v) is 4.76. The molecule has 2 atom stereocenters. The van der Waals surface area contributed by atoms with Crippen molar-refractivity contribution in [1.29, 1.82) is 5.26 Å². The number of nitrogens with one attached hydrogen (secondary N) is 1. The van der Waals surface area contributed by atoms with E-state index in [0.717, 1.165) is 12.1 Å². The molecule has 5 nitrogen and oxygen atoms in total. The maximum absolute atomic E-state index is 13.5. The van der Waals surface area contributed by atoms with Gasteiger partial charge in [0.05, 0.1) is 18.0 Å². The monoisotopic (exact) mass is 311 g/mol. The summed E-state index contributed by atoms with van der Waals surface area (Å²) in [4.78, 5) is 13.7. The van der Waals surface area contributed by atoms with Gasteiger partial charge >= 0.3 is 0 Å². The van der Waals surface area contributed by atoms with Gasteiger partial charge in [-0.1, -0.05) is 13.8 Å². The van der Waals surface area contributed by atoms with Crippen LogP contribution in [0.2, 0.25) is 0 Å². The number of hydrogen-bond donors (Lipinski definition) is 2. The zero-order chi connectivity index (χ0) is 16.9. The SMILES string of the molecule is CC.CN1CC(C(=O)Nc2c(O)ccc(F)c2F)CC1C#N. The van der Waals surface area contributed by atoms with E-state index < -0.39 is 34.9 Å². The van der Waals surface area contributed by atoms with E-state index in [1.54, 1.807) is 11.9 Å². The van der Waals surface area contributed by atoms with Crippen LogP contribution < -0.4 is 5.32 Å². The number of phenolic OH excluding ortho intramolecular Hbond substituents is 1. The highest BCUT2D eigenvalue weighted by atomic mass is 19.2. The van der Waals surface area contributed by atoms with Gasteiger partial charge in [-0.3, -0.25) is 9.69 Å². The van der Waals surface area contributed by atoms with Crippen molar-refractivity contribution in [3.05, 3.63) is 23.8 Å². The first-order valence-electron chi connectivity index (χ1n) is 7.01. The number of nitrogens with zero attached hydrogens (tertiary/aromatic N) is 2. The summed E-state index contributed by atoms with van der Waals surface area (Å²) in [6.45, 7) is 4.35. The quantitative estimate of drug-likeness (QED) is 0.823. The average Bonchev–Trinajstić information content (AvgIpc) is 2.90. The Hall–Kier alpha value is -2.20. The minimum atomic E-state index is -1.30. The van der Waals surface area contributed by atoms with Crippen LogP contribution in [0.3, 0.4) is 0 Å². The summed E-state index contributed by atoms with van der Waals surface area (Å²) in [6, 6.07) is 3.42. The summed E-state index contributed by atoms with van der Waals surface area (Å²) in [6.07, 6.45) is 0.316. The second kappa shape index (κ2) is 7.71. The molecule has 1 fully saturated rings. The van der Waals surface area contributed by atoms with Crippen LogP contribution in [0.25, 0.3) is 0 Å². The van der Waals surface area contributed by atoms with Gasteiger partial charge in [0, 0.05) is 6.54 Å². The van der Waals surface area contributed by atoms with Crippen molar-refractivity contribution in [3.63, 3.8) is 0 Å². The molecule has 1 aromatic rings. The highest BCUT2D eigenvalue weighted by Gasteiger charge is 2.34. The summed E-state index contributed by atoms with van der Waals surface area (Å²) >= 11 is 0. The van der Waals surface area contributed by atoms with E-state index in [2.05, 4.69) is 11.4 Å². The molecule has 0 aromatic heterocycles. The number of phenols is 1. The lowest BCUT2D eigenvalue weighted by atomic mass is 10.1. The number of rotatable bonds is 2. The van der Waals surface area contributed by atoms with Gasteiger partial charge in [0.2, 0.25) is 5.91 Å². The molecule has 0 saturated carbocycles. The molecule has 7 heteroatoms. The number of nitriles is 1. The first-order valence-corrected chi connectivity index (χ1v) is 7.01. The first-order chi connectivity index (χ1) is 10.4. The third kappa shape index (κ3) is 3.71. The van der Waals surface area contributed by atoms with Crippen molar-refractivity contribution in [3.8, 4) is 11.8 Å². The molecule has 1 heterocycles. The topological polar surface area (TPSA) is 76.4 Å². The lowest BCUT2D eigenvalue weighted by molar-refractivity contribution is -0.119. The van der Waals surface area contributed by atoms with E-state index in [0.29, 0.717) is 13.0 Å². The second-order valence-electron chi connectivity index (χ2n) is 4.76. The van der Waals surface area contributed by atoms with Crippen LogP contribution in [0.1, 0.15) is 20.3 Å². The number of carbonyl (C=O) groups excluding carboxylic acids is 1. The Morgan fingerprint density at radius 1 is 1.45 bits per heavy atom. The highest BCUT2D eigenvalue weighted by Crippen LogP contribution is 2.30. The Balaban J connectivity index is 0.00000116. The van der Waals surface area contributed by atoms with E-state index in [9.17, 15) is 18.7 Å². The van der Waals surface area contributed by atoms with Crippen molar-refractivity contribution in [2.75, 3.05) is 18.9 Å². The molecule has 120 valence electrons. The molecule has 0 radical (unpaired) electrons. The molecule has 0 bridgehead atoms. The van der Waals surface area contributed by atoms with Crippen LogP contribution in [0.4, 0.5) is 14.5 Å². The molecular formula is C15H19F2N3O2. The molecule has 0 spiro atoms. The lowest BCUT2D eigenvalue weighted by Gasteiger charge is -2.13. The number of aromatic hydroxyl groups is 1. The standard InChI is InChI=1S/C13H13F2N3O2.C2H6/c1-18-6-7(4-8(18)5-16)13(20)17-12-10(19)3-2-9(14)11(12)15;1-2/h2-3,7-8,19H,4,6H2,1H3,(H,17,20);1-2H3. The fraction of sp³-hybridized carbons (Fsp3) is 0.467. The number of likely N-dealkylation sites (tertiary alicyclic amines) is 1. The first kappa shape index (κ1) is 17.9. The molecule has 22 heavy (non-hydrogen) atoms. The minimum Gasteiger partial charge on any atom is -0.506 e. The van der Waals surface area contributed by atoms with Crippen molar-refractivity contribution < 1.29 is 18.7 Å². The van der Waals surface area contributed by atoms with Gasteiger partial charge in [-0.05, 0) is 25.6 Å². The number of hydrogen-bond acceptors (Lipinski definition) is 4. The smallest absolute Gasteiger partial charge is 0.229 e. The van der Waals surface area contributed by atoms with Crippen LogP contribution in [0, 0.1) is 28.9 Å². The Kier molecular flexibility index (Phi) is 6.25. The van der Waals surface area contributed by atoms with Gasteiger partial charge in [0.15, 0.2) is 11.6 Å². The number of halogens is 2. The molecule has 2 N–H and O–H groups in total. The Morgan fingerprint density at radius 3 is 2.64 bits per heavy atom. The molecule has 1 amide bonds. The maximum Gasteiger partial charge on any atom is 0.229 e. The molecule has 1 aromatic carbocycles. The zero-order valence-corrected chi connectivity index (χ0v) is 12.7. The summed E-state index contributed by atoms with van der Waals surface area (Å²) in [5.41, 5.74) is -0.571. The third-order valence-corrected chi connectivity index (χ3v) is 3.39. The Morgan fingerprint density at radius 2 is 2.09 bits per heavy atom. The Bertz CT molecular complexity index is 587. The van der Waals surface area contributed by atoms with E-state index in [4.69, 9.17) is 5.26 Å². The zero-order valence-electron chi connectivity index (χ0n) is 12.7. The summed E-state index contributed by atoms with van der Waals surface area (Å²) < 4.78 is 26.6. The lowest BCUT2D eigenvalue weighted by Crippen LogP contribution is -2.26. The molecular weight excluding hydrogens is 292 g/mol. The van der Waals surface area contributed by atoms with Crippen molar-refractivity contribution >= 4 is 11.6 Å². The predicted molar refractivity (Wildman–Crippen MR) is 78.1 cm³/mol. The maximum atomic E-state index is 13.5. The van der Waals surface area contributed by atoms with E-state index in [1.807, 2.05) is 13.8 Å². The minimum absolute atomic E-state index is 0.316. The Labute approximate surface area is 128 Å². The van der Waals surface area contributed by atoms with Crippen LogP contribution in [0.15, 0.2) is 12.1 Å². The number of amides is 1. The number of anilines is 1. The van der Waals surface area contributed by atoms with E-state index in [-0.39, 0.29) is 6.04 Å². The highest BCUT2D eigenvalue weighted by molar-refractivity contribution is 5.94. The molecule has 1 saturated heterocycles. The molecule has 1 aliphatic rings. The van der Waals surface area contributed by atoms with Gasteiger partial charge in [-0.2, -0.15) is 5.26 Å². The van der Waals surface area contributed by atoms with Gasteiger partial charge in [-0.25, -0.2) is 8.78 Å². The molecule has 0 aliphatic carbocycles. The van der Waals surface area contributed by atoms with Crippen LogP contribution in [-0.4, -0.2) is 35.5 Å². The summed E-state index contributed by atoms with van der Waals surface area (Å²) in [5, 5.41) is 20.5. The van der Waals surface area contributed by atoms with Crippen molar-refractivity contribution in [1.82, 2.24) is 4.90 Å². The average molecular weight is 311 g/mol. The predicted octanol–water partition coefficient (Wildman–Crippen LogP) is 2.48. The van der Waals surface area contributed by atoms with Crippen molar-refractivity contribution in [2.24, 2.45) is 5.92 Å². The summed E-state index contributed by atoms with van der Waals surface area (Å²) in [5.74, 6) is -4.06. The fourth-order valence-corrected chi connectivity index (χ4v) is 2.22. The van der Waals surface area contributed by atoms with Crippen LogP contribution in [0.5, 0.6) is 5.75 Å². The molecule has 1 aliphatic heterocycles. The van der Waals surface area contributed by atoms with Crippen LogP contribution in [-0.2, 0) is 4.79 Å². The molecule has 2 rings (SSSR count). The van der Waals surface area contributed by atoms with E-state index in [1.165, 1.54) is 0 Å².